The van der Waals surface area contributed by atoms with E-state index in [0.717, 1.165) is 37.9 Å². The summed E-state index contributed by atoms with van der Waals surface area (Å²) < 4.78 is 5.66. The molecule has 1 fully saturated rings. The number of carbonyl (C=O) groups is 2. The average Bonchev–Trinajstić information content (AvgIpc) is 3.33. The van der Waals surface area contributed by atoms with Crippen LogP contribution in [0.5, 0.6) is 11.5 Å². The number of rotatable bonds is 8. The second-order valence-corrected chi connectivity index (χ2v) is 10.2. The van der Waals surface area contributed by atoms with Gasteiger partial charge in [-0.3, -0.25) is 9.59 Å². The molecule has 0 unspecified atom stereocenters. The van der Waals surface area contributed by atoms with Crippen LogP contribution in [0.2, 0.25) is 0 Å². The van der Waals surface area contributed by atoms with Gasteiger partial charge in [-0.25, -0.2) is 0 Å². The number of carbonyl (C=O) groups excluding carboxylic acids is 2. The Morgan fingerprint density at radius 3 is 2.42 bits per heavy atom. The number of nitrogens with two attached hydrogens (primary N) is 1. The van der Waals surface area contributed by atoms with Crippen molar-refractivity contribution < 1.29 is 24.3 Å². The van der Waals surface area contributed by atoms with Gasteiger partial charge < -0.3 is 30.7 Å². The highest BCUT2D eigenvalue weighted by Crippen LogP contribution is 2.43. The number of hydrogen-bond donors (Lipinski definition) is 4. The van der Waals surface area contributed by atoms with E-state index >= 15 is 0 Å². The van der Waals surface area contributed by atoms with Crippen molar-refractivity contribution in [3.05, 3.63) is 53.2 Å². The normalized spacial score (nSPS) is 14.2. The Morgan fingerprint density at radius 1 is 1.13 bits per heavy atom. The van der Waals surface area contributed by atoms with E-state index in [1.54, 1.807) is 13.0 Å². The molecule has 1 aliphatic heterocycles. The summed E-state index contributed by atoms with van der Waals surface area (Å²) in [6.07, 6.45) is 2.85. The van der Waals surface area contributed by atoms with Crippen LogP contribution in [-0.2, 0) is 11.2 Å². The van der Waals surface area contributed by atoms with Gasteiger partial charge in [0.15, 0.2) is 11.5 Å². The van der Waals surface area contributed by atoms with Crippen molar-refractivity contribution in [1.29, 1.82) is 0 Å². The van der Waals surface area contributed by atoms with Gasteiger partial charge in [-0.2, -0.15) is 0 Å². The highest BCUT2D eigenvalue weighted by molar-refractivity contribution is 6.02. The summed E-state index contributed by atoms with van der Waals surface area (Å²) in [6, 6.07) is 10.9. The number of phenolic OH excluding ortho intramolecular Hbond substituents is 2. The van der Waals surface area contributed by atoms with Crippen LogP contribution in [0.25, 0.3) is 22.5 Å². The molecular weight excluding hydrogens is 484 g/mol. The molecule has 4 rings (SSSR count). The van der Waals surface area contributed by atoms with Crippen LogP contribution in [0.4, 0.5) is 0 Å². The van der Waals surface area contributed by atoms with Crippen LogP contribution in [0.15, 0.2) is 40.9 Å². The number of aromatic hydroxyl groups is 2. The summed E-state index contributed by atoms with van der Waals surface area (Å²) in [5.41, 5.74) is 8.97. The fourth-order valence-corrected chi connectivity index (χ4v) is 5.00. The first kappa shape index (κ1) is 27.2. The quantitative estimate of drug-likeness (QED) is 0.351. The lowest BCUT2D eigenvalue weighted by Gasteiger charge is -2.31. The zero-order chi connectivity index (χ0) is 27.4. The molecule has 0 bridgehead atoms. The first-order valence-electron chi connectivity index (χ1n) is 13.1. The van der Waals surface area contributed by atoms with Crippen LogP contribution in [-0.4, -0.2) is 58.3 Å². The van der Waals surface area contributed by atoms with E-state index in [9.17, 15) is 19.8 Å². The number of benzene rings is 2. The first-order valence-corrected chi connectivity index (χ1v) is 13.1. The van der Waals surface area contributed by atoms with Crippen LogP contribution in [0.3, 0.4) is 0 Å². The van der Waals surface area contributed by atoms with Gasteiger partial charge in [-0.15, -0.1) is 0 Å². The second-order valence-electron chi connectivity index (χ2n) is 10.2. The van der Waals surface area contributed by atoms with E-state index in [-0.39, 0.29) is 47.9 Å². The Bertz CT molecular complexity index is 1290. The summed E-state index contributed by atoms with van der Waals surface area (Å²) in [4.78, 5) is 26.5. The number of likely N-dealkylation sites (tertiary alicyclic amines) is 1. The lowest BCUT2D eigenvalue weighted by Crippen LogP contribution is -2.37. The van der Waals surface area contributed by atoms with Gasteiger partial charge in [-0.1, -0.05) is 43.3 Å². The fourth-order valence-electron chi connectivity index (χ4n) is 5.00. The molecule has 0 saturated carbocycles. The molecule has 1 saturated heterocycles. The van der Waals surface area contributed by atoms with Crippen molar-refractivity contribution in [2.24, 2.45) is 11.7 Å². The molecule has 2 heterocycles. The smallest absolute Gasteiger partial charge is 0.274 e. The van der Waals surface area contributed by atoms with Gasteiger partial charge in [-0.05, 0) is 53.9 Å². The molecule has 38 heavy (non-hydrogen) atoms. The Balaban J connectivity index is 1.67. The average molecular weight is 521 g/mol. The maximum Gasteiger partial charge on any atom is 0.274 e. The Hall–Kier alpha value is -3.85. The molecule has 0 atom stereocenters. The van der Waals surface area contributed by atoms with Gasteiger partial charge in [0.1, 0.15) is 11.5 Å². The van der Waals surface area contributed by atoms with Crippen LogP contribution in [0, 0.1) is 5.92 Å². The lowest BCUT2D eigenvalue weighted by atomic mass is 9.89. The summed E-state index contributed by atoms with van der Waals surface area (Å²) in [5.74, 6) is 0.256. The third kappa shape index (κ3) is 5.83. The Kier molecular flexibility index (Phi) is 8.36. The minimum absolute atomic E-state index is 0.00496. The zero-order valence-corrected chi connectivity index (χ0v) is 22.2. The standard InChI is InChI=1S/C29H36N4O5/c1-17(2)22-15-23(25(36)16-24(22)35)28-26(27(32-38-28)29(37)31-11-10-30)21-6-4-19(5-7-21)14-20-8-12-33(13-9-20)18(3)34/h4-7,15-17,20,35-36H,8-14,30H2,1-3H3,(H,31,37). The van der Waals surface area contributed by atoms with Crippen molar-refractivity contribution in [1.82, 2.24) is 15.4 Å². The molecule has 9 nitrogen and oxygen atoms in total. The molecule has 1 aromatic heterocycles. The van der Waals surface area contributed by atoms with Crippen molar-refractivity contribution in [3.8, 4) is 33.9 Å². The van der Waals surface area contributed by atoms with Crippen molar-refractivity contribution in [2.75, 3.05) is 26.2 Å². The molecule has 5 N–H and O–H groups in total. The summed E-state index contributed by atoms with van der Waals surface area (Å²) >= 11 is 0. The molecule has 202 valence electrons. The molecular formula is C29H36N4O5. The van der Waals surface area contributed by atoms with E-state index in [2.05, 4.69) is 10.5 Å². The van der Waals surface area contributed by atoms with Crippen molar-refractivity contribution in [2.45, 2.75) is 46.0 Å². The largest absolute Gasteiger partial charge is 0.508 e. The van der Waals surface area contributed by atoms with E-state index in [0.29, 0.717) is 28.2 Å². The van der Waals surface area contributed by atoms with Gasteiger partial charge in [0, 0.05) is 39.2 Å². The number of amides is 2. The zero-order valence-electron chi connectivity index (χ0n) is 22.2. The van der Waals surface area contributed by atoms with Gasteiger partial charge >= 0.3 is 0 Å². The maximum atomic E-state index is 12.9. The number of hydrogen-bond acceptors (Lipinski definition) is 7. The number of nitrogens with zero attached hydrogens (tertiary/aromatic N) is 2. The fraction of sp³-hybridized carbons (Fsp3) is 0.414. The number of piperidine rings is 1. The molecule has 0 spiro atoms. The highest BCUT2D eigenvalue weighted by atomic mass is 16.5. The highest BCUT2D eigenvalue weighted by Gasteiger charge is 2.27. The summed E-state index contributed by atoms with van der Waals surface area (Å²) in [6.45, 7) is 7.63. The minimum Gasteiger partial charge on any atom is -0.508 e. The number of aromatic nitrogens is 1. The number of nitrogens with one attached hydrogen (secondary N) is 1. The first-order chi connectivity index (χ1) is 18.2. The molecule has 1 aliphatic rings. The molecule has 0 aliphatic carbocycles. The maximum absolute atomic E-state index is 12.9. The topological polar surface area (TPSA) is 142 Å². The summed E-state index contributed by atoms with van der Waals surface area (Å²) in [5, 5.41) is 27.8. The third-order valence-corrected chi connectivity index (χ3v) is 7.18. The lowest BCUT2D eigenvalue weighted by molar-refractivity contribution is -0.130. The van der Waals surface area contributed by atoms with Crippen LogP contribution >= 0.6 is 0 Å². The molecule has 2 aromatic carbocycles. The van der Waals surface area contributed by atoms with E-state index in [4.69, 9.17) is 10.3 Å². The Labute approximate surface area is 222 Å². The van der Waals surface area contributed by atoms with Gasteiger partial charge in [0.2, 0.25) is 5.91 Å². The molecule has 9 heteroatoms. The number of phenols is 2. The minimum atomic E-state index is -0.427. The second kappa shape index (κ2) is 11.7. The molecule has 0 radical (unpaired) electrons. The Morgan fingerprint density at radius 2 is 1.82 bits per heavy atom. The SMILES string of the molecule is CC(=O)N1CCC(Cc2ccc(-c3c(C(=O)NCCN)noc3-c3cc(C(C)C)c(O)cc3O)cc2)CC1. The van der Waals surface area contributed by atoms with E-state index in [1.165, 1.54) is 6.07 Å². The van der Waals surface area contributed by atoms with Gasteiger partial charge in [0.05, 0.1) is 11.1 Å². The predicted molar refractivity (Wildman–Crippen MR) is 145 cm³/mol. The van der Waals surface area contributed by atoms with Crippen molar-refractivity contribution >= 4 is 11.8 Å². The monoisotopic (exact) mass is 520 g/mol. The van der Waals surface area contributed by atoms with E-state index in [1.807, 2.05) is 43.0 Å². The predicted octanol–water partition coefficient (Wildman–Crippen LogP) is 4.03. The third-order valence-electron chi connectivity index (χ3n) is 7.18. The van der Waals surface area contributed by atoms with Crippen molar-refractivity contribution in [3.63, 3.8) is 0 Å². The molecule has 2 amide bonds. The van der Waals surface area contributed by atoms with Crippen LogP contribution < -0.4 is 11.1 Å². The molecule has 3 aromatic rings. The summed E-state index contributed by atoms with van der Waals surface area (Å²) in [7, 11) is 0. The van der Waals surface area contributed by atoms with E-state index < -0.39 is 5.91 Å². The van der Waals surface area contributed by atoms with Gasteiger partial charge in [0.25, 0.3) is 5.91 Å². The van der Waals surface area contributed by atoms with Crippen LogP contribution in [0.1, 0.15) is 61.1 Å².